The second kappa shape index (κ2) is 44.2. The molecule has 0 saturated carbocycles. The van der Waals surface area contributed by atoms with Gasteiger partial charge in [-0.2, -0.15) is 42.0 Å². The van der Waals surface area contributed by atoms with Crippen LogP contribution in [0.3, 0.4) is 0 Å². The minimum absolute atomic E-state index is 0.0889. The smallest absolute Gasteiger partial charge is 0.433 e. The van der Waals surface area contributed by atoms with Crippen molar-refractivity contribution in [2.24, 2.45) is 0 Å². The second-order valence-corrected chi connectivity index (χ2v) is 30.2. The first kappa shape index (κ1) is 93.9. The number of aromatic amines is 1. The molecule has 15 N–H and O–H groups in total. The van der Waals surface area contributed by atoms with Crippen LogP contribution in [0.25, 0.3) is 0 Å². The Hall–Kier alpha value is -13.8. The summed E-state index contributed by atoms with van der Waals surface area (Å²) in [6.07, 6.45) is -8.19. The highest BCUT2D eigenvalue weighted by Gasteiger charge is 2.36. The van der Waals surface area contributed by atoms with Crippen molar-refractivity contribution in [1.29, 1.82) is 10.5 Å². The van der Waals surface area contributed by atoms with Crippen LogP contribution in [-0.4, -0.2) is 158 Å². The maximum atomic E-state index is 13.3. The number of hydrogen-bond acceptors (Lipinski definition) is 17. The van der Waals surface area contributed by atoms with Crippen LogP contribution in [0, 0.1) is 22.7 Å². The van der Waals surface area contributed by atoms with Gasteiger partial charge in [0.15, 0.2) is 5.69 Å². The van der Waals surface area contributed by atoms with E-state index in [-0.39, 0.29) is 47.5 Å². The number of halogens is 11. The van der Waals surface area contributed by atoms with Gasteiger partial charge in [-0.3, -0.25) is 9.89 Å². The van der Waals surface area contributed by atoms with E-state index in [1.807, 2.05) is 74.5 Å². The zero-order valence-corrected chi connectivity index (χ0v) is 68.7. The summed E-state index contributed by atoms with van der Waals surface area (Å²) in [5, 5.41) is 63.5. The largest absolute Gasteiger partial charge is 0.495 e. The number of pyridine rings is 2. The Kier molecular flexibility index (Phi) is 32.7. The van der Waals surface area contributed by atoms with E-state index in [4.69, 9.17) is 20.0 Å². The summed E-state index contributed by atoms with van der Waals surface area (Å²) in [6.45, 7) is 6.11. The minimum atomic E-state index is -4.53. The maximum absolute atomic E-state index is 13.3. The van der Waals surface area contributed by atoms with Crippen LogP contribution in [-0.2, 0) is 44.5 Å². The van der Waals surface area contributed by atoms with Crippen LogP contribution >= 0.6 is 0 Å². The monoisotopic (exact) mass is 1760 g/mol. The fourth-order valence-electron chi connectivity index (χ4n) is 12.9. The standard InChI is InChI=1S/2C19H19FN4O2.2C17H16F4N4O.C17H21FN4O/c2*1-26-18-7-4-13(10-21)9-17(18)24-19(25)23-14-5-2-12(3-6-14)8-16-15(20)11-22-16;2*18-13-9-22-14(13)7-10-1-3-11(4-2-10)24-16(26)25-12-5-6-15(23-8-12)17(19,20)21;1-10(2)14-8-16(22-21-14)17(23)20-12-5-3-11(4-6-12)7-15-13(18)9-19-15/h2*2-7,9,15-16,22H,8,11H2,1H3,(H2,23,24,25);2*1-6,8,13-14,22H,7,9H2,(H2,24,25,26);3-6,8,10,13,15,19H,7,9H2,1-2H3,(H,20,23)(H,21,22)/t2*15-,16-;2*13-,14-;13-,15-/m10100/s1. The minimum Gasteiger partial charge on any atom is -0.495 e. The number of ether oxygens (including phenoxy) is 2. The molecule has 5 saturated heterocycles. The number of alkyl halides is 11. The molecule has 10 atom stereocenters. The number of aromatic nitrogens is 4. The second-order valence-electron chi connectivity index (χ2n) is 30.2. The lowest BCUT2D eigenvalue weighted by molar-refractivity contribution is -0.141. The number of hydrogen-bond donors (Lipinski definition) is 15. The maximum Gasteiger partial charge on any atom is 0.433 e. The number of benzene rings is 7. The molecule has 3 aromatic heterocycles. The Morgan fingerprint density at radius 2 is 0.654 bits per heavy atom. The van der Waals surface area contributed by atoms with Gasteiger partial charge in [0.1, 0.15) is 53.7 Å². The van der Waals surface area contributed by atoms with Crippen LogP contribution in [0.4, 0.5) is 119 Å². The van der Waals surface area contributed by atoms with Crippen molar-refractivity contribution in [3.8, 4) is 23.6 Å². The van der Waals surface area contributed by atoms with Crippen LogP contribution in [0.2, 0.25) is 0 Å². The van der Waals surface area contributed by atoms with Gasteiger partial charge in [-0.05, 0) is 193 Å². The summed E-state index contributed by atoms with van der Waals surface area (Å²) in [5.41, 5.74) is 9.00. The van der Waals surface area contributed by atoms with Crippen molar-refractivity contribution >= 4 is 81.2 Å². The van der Waals surface area contributed by atoms with Crippen LogP contribution in [0.5, 0.6) is 11.5 Å². The van der Waals surface area contributed by atoms with Gasteiger partial charge in [-0.15, -0.1) is 0 Å². The van der Waals surface area contributed by atoms with Gasteiger partial charge in [0.2, 0.25) is 0 Å². The van der Waals surface area contributed by atoms with Gasteiger partial charge in [0.05, 0.1) is 72.6 Å². The highest BCUT2D eigenvalue weighted by atomic mass is 19.4. The first-order chi connectivity index (χ1) is 60.8. The molecule has 38 heteroatoms. The summed E-state index contributed by atoms with van der Waals surface area (Å²) in [7, 11) is 2.98. The van der Waals surface area contributed by atoms with Gasteiger partial charge >= 0.3 is 36.5 Å². The Bertz CT molecular complexity index is 5150. The van der Waals surface area contributed by atoms with Gasteiger partial charge < -0.3 is 83.9 Å². The number of carbonyl (C=O) groups is 5. The molecule has 5 aliphatic heterocycles. The molecule has 10 aromatic rings. The van der Waals surface area contributed by atoms with Crippen molar-refractivity contribution in [3.05, 3.63) is 262 Å². The lowest BCUT2D eigenvalue weighted by Crippen LogP contribution is -2.55. The number of H-pyrrole nitrogens is 1. The van der Waals surface area contributed by atoms with Gasteiger partial charge in [-0.25, -0.2) is 51.1 Å². The number of anilines is 9. The highest BCUT2D eigenvalue weighted by Crippen LogP contribution is 2.33. The topological polar surface area (TPSA) is 374 Å². The molecule has 666 valence electrons. The lowest BCUT2D eigenvalue weighted by atomic mass is 9.96. The van der Waals surface area contributed by atoms with E-state index in [1.165, 1.54) is 14.2 Å². The Morgan fingerprint density at radius 1 is 0.386 bits per heavy atom. The number of nitriles is 2. The fraction of sp³-hybridized carbons (Fsp3) is 0.303. The number of rotatable bonds is 23. The molecular weight excluding hydrogens is 1670 g/mol. The third-order valence-electron chi connectivity index (χ3n) is 20.6. The summed E-state index contributed by atoms with van der Waals surface area (Å²) < 4.78 is 151. The van der Waals surface area contributed by atoms with E-state index in [0.29, 0.717) is 139 Å². The molecule has 5 fully saturated rings. The molecule has 0 aliphatic carbocycles. The number of nitrogens with zero attached hydrogens (tertiary/aromatic N) is 5. The van der Waals surface area contributed by atoms with Crippen molar-refractivity contribution in [2.45, 2.75) is 125 Å². The molecule has 127 heavy (non-hydrogen) atoms. The van der Waals surface area contributed by atoms with Crippen molar-refractivity contribution in [2.75, 3.05) is 94.8 Å². The molecule has 0 radical (unpaired) electrons. The normalized spacial score (nSPS) is 19.2. The van der Waals surface area contributed by atoms with E-state index >= 15 is 0 Å². The van der Waals surface area contributed by atoms with Crippen molar-refractivity contribution in [3.63, 3.8) is 0 Å². The number of nitrogens with one attached hydrogen (secondary N) is 15. The van der Waals surface area contributed by atoms with E-state index in [1.54, 1.807) is 115 Å². The fourth-order valence-corrected chi connectivity index (χ4v) is 12.9. The Morgan fingerprint density at radius 3 is 0.874 bits per heavy atom. The van der Waals surface area contributed by atoms with E-state index < -0.39 is 78.7 Å². The van der Waals surface area contributed by atoms with Gasteiger partial charge in [0, 0.05) is 97.1 Å². The molecule has 15 rings (SSSR count). The van der Waals surface area contributed by atoms with E-state index in [2.05, 4.69) is 94.6 Å². The van der Waals surface area contributed by atoms with Crippen molar-refractivity contribution < 1.29 is 81.7 Å². The van der Waals surface area contributed by atoms with Crippen LogP contribution in [0.1, 0.15) is 86.3 Å². The zero-order valence-electron chi connectivity index (χ0n) is 68.7. The number of methoxy groups -OCH3 is 2. The van der Waals surface area contributed by atoms with Gasteiger partial charge in [0.25, 0.3) is 5.91 Å². The molecule has 5 aliphatic rings. The molecule has 0 bridgehead atoms. The van der Waals surface area contributed by atoms with Crippen LogP contribution < -0.4 is 83.9 Å². The lowest BCUT2D eigenvalue weighted by Gasteiger charge is -2.32. The quantitative estimate of drug-likeness (QED) is 0.0265. The van der Waals surface area contributed by atoms with Crippen molar-refractivity contribution in [1.82, 2.24) is 46.7 Å². The number of urea groups is 4. The Balaban J connectivity index is 0.000000154. The average Bonchev–Trinajstić information content (AvgIpc) is 1.86. The van der Waals surface area contributed by atoms with E-state index in [9.17, 15) is 72.3 Å². The number of amides is 9. The third kappa shape index (κ3) is 28.1. The van der Waals surface area contributed by atoms with Crippen LogP contribution in [0.15, 0.2) is 200 Å². The molecule has 7 aromatic carbocycles. The molecule has 8 heterocycles. The predicted octanol–water partition coefficient (Wildman–Crippen LogP) is 16.0. The summed E-state index contributed by atoms with van der Waals surface area (Å²) in [6, 6.07) is 52.2. The SMILES string of the molecule is CC(C)c1cc(C(=O)Nc2ccc(C[C@@H]3NC[C@@H]3F)cc2)n[nH]1.COc1ccc(C#N)cc1NC(=O)Nc1ccc(C[C@@H]2NC[C@@H]2F)cc1.COc1ccc(C#N)cc1NC(=O)Nc1ccc(C[C@H]2NC[C@H]2F)cc1.O=C(Nc1ccc(C[C@@H]2NC[C@@H]2F)cc1)Nc1ccc(C(F)(F)F)nc1.O=C(Nc1ccc(C[C@H]2NC[C@H]2F)cc1)Nc1ccc(C(F)(F)F)nc1. The molecule has 9 amide bonds. The Labute approximate surface area is 723 Å². The number of carbonyl (C=O) groups excluding carboxylic acids is 5. The van der Waals surface area contributed by atoms with E-state index in [0.717, 1.165) is 70.2 Å². The zero-order chi connectivity index (χ0) is 90.9. The third-order valence-corrected chi connectivity index (χ3v) is 20.6. The molecule has 0 unspecified atom stereocenters. The average molecular weight is 1760 g/mol. The first-order valence-electron chi connectivity index (χ1n) is 40.1. The summed E-state index contributed by atoms with van der Waals surface area (Å²) in [4.78, 5) is 66.9. The summed E-state index contributed by atoms with van der Waals surface area (Å²) in [5.74, 6) is 0.972. The summed E-state index contributed by atoms with van der Waals surface area (Å²) >= 11 is 0. The molecule has 27 nitrogen and oxygen atoms in total. The molecular formula is C89H91F11N20O7. The van der Waals surface area contributed by atoms with Gasteiger partial charge in [-0.1, -0.05) is 74.5 Å². The first-order valence-corrected chi connectivity index (χ1v) is 40.1. The highest BCUT2D eigenvalue weighted by molar-refractivity contribution is 6.04. The molecule has 0 spiro atoms. The predicted molar refractivity (Wildman–Crippen MR) is 459 cm³/mol.